The maximum Gasteiger partial charge on any atom is 0.306 e. The zero-order valence-electron chi connectivity index (χ0n) is 20.0. The van der Waals surface area contributed by atoms with E-state index in [2.05, 4.69) is 12.2 Å². The van der Waals surface area contributed by atoms with Gasteiger partial charge in [-0.05, 0) is 61.9 Å². The number of hydrogen-bond donors (Lipinski definition) is 2. The highest BCUT2D eigenvalue weighted by molar-refractivity contribution is 7.17. The average Bonchev–Trinajstić information content (AvgIpc) is 3.22. The zero-order chi connectivity index (χ0) is 25.2. The van der Waals surface area contributed by atoms with E-state index in [0.29, 0.717) is 28.5 Å². The van der Waals surface area contributed by atoms with Crippen molar-refractivity contribution in [1.82, 2.24) is 0 Å². The molecule has 2 amide bonds. The van der Waals surface area contributed by atoms with E-state index in [9.17, 15) is 19.2 Å². The van der Waals surface area contributed by atoms with Crippen LogP contribution in [0.1, 0.15) is 83.0 Å². The fraction of sp³-hybridized carbons (Fsp3) is 0.462. The van der Waals surface area contributed by atoms with Crippen molar-refractivity contribution in [2.24, 2.45) is 5.73 Å². The van der Waals surface area contributed by atoms with E-state index in [1.807, 2.05) is 0 Å². The van der Waals surface area contributed by atoms with E-state index in [4.69, 9.17) is 15.2 Å². The number of rotatable bonds is 13. The van der Waals surface area contributed by atoms with E-state index >= 15 is 0 Å². The minimum absolute atomic E-state index is 0.0272. The van der Waals surface area contributed by atoms with Crippen LogP contribution >= 0.6 is 11.3 Å². The number of nitrogens with two attached hydrogens (primary N) is 1. The highest BCUT2D eigenvalue weighted by atomic mass is 32.1. The van der Waals surface area contributed by atoms with Crippen LogP contribution in [0.15, 0.2) is 24.3 Å². The van der Waals surface area contributed by atoms with Crippen molar-refractivity contribution in [2.75, 3.05) is 18.5 Å². The molecule has 1 aromatic heterocycles. The summed E-state index contributed by atoms with van der Waals surface area (Å²) in [6.07, 6.45) is 6.68. The Labute approximate surface area is 209 Å². The van der Waals surface area contributed by atoms with E-state index in [1.165, 1.54) is 11.3 Å². The number of primary amides is 1. The maximum atomic E-state index is 12.4. The number of unbranched alkanes of at least 4 members (excludes halogenated alkanes) is 2. The molecule has 0 aliphatic heterocycles. The molecule has 0 saturated carbocycles. The number of carbonyl (C=O) groups is 4. The molecule has 0 fully saturated rings. The molecule has 1 aliphatic rings. The summed E-state index contributed by atoms with van der Waals surface area (Å²) in [4.78, 5) is 49.7. The van der Waals surface area contributed by atoms with Gasteiger partial charge in [-0.3, -0.25) is 19.2 Å². The second kappa shape index (κ2) is 13.0. The number of esters is 1. The molecule has 35 heavy (non-hydrogen) atoms. The van der Waals surface area contributed by atoms with E-state index < -0.39 is 24.4 Å². The van der Waals surface area contributed by atoms with Crippen LogP contribution in [-0.2, 0) is 27.2 Å². The molecule has 0 saturated heterocycles. The highest BCUT2D eigenvalue weighted by Crippen LogP contribution is 2.37. The highest BCUT2D eigenvalue weighted by Gasteiger charge is 2.25. The van der Waals surface area contributed by atoms with Gasteiger partial charge in [-0.2, -0.15) is 0 Å². The Kier molecular flexibility index (Phi) is 9.84. The van der Waals surface area contributed by atoms with Crippen LogP contribution in [0.5, 0.6) is 5.75 Å². The lowest BCUT2D eigenvalue weighted by molar-refractivity contribution is -0.147. The van der Waals surface area contributed by atoms with Gasteiger partial charge in [-0.25, -0.2) is 0 Å². The Balaban J connectivity index is 1.42. The summed E-state index contributed by atoms with van der Waals surface area (Å²) in [6.45, 7) is 2.26. The van der Waals surface area contributed by atoms with E-state index in [-0.39, 0.29) is 18.6 Å². The van der Waals surface area contributed by atoms with Gasteiger partial charge in [0, 0.05) is 16.9 Å². The molecular formula is C26H32N2O6S. The lowest BCUT2D eigenvalue weighted by Crippen LogP contribution is -2.23. The molecule has 0 spiro atoms. The van der Waals surface area contributed by atoms with Gasteiger partial charge in [0.15, 0.2) is 12.4 Å². The number of ketones is 1. The number of hydrogen-bond acceptors (Lipinski definition) is 7. The summed E-state index contributed by atoms with van der Waals surface area (Å²) in [5, 5.41) is 3.05. The van der Waals surface area contributed by atoms with Crippen molar-refractivity contribution in [1.29, 1.82) is 0 Å². The van der Waals surface area contributed by atoms with Gasteiger partial charge in [0.25, 0.3) is 11.8 Å². The summed E-state index contributed by atoms with van der Waals surface area (Å²) in [5.74, 6) is -1.27. The molecule has 188 valence electrons. The lowest BCUT2D eigenvalue weighted by atomic mass is 9.95. The predicted molar refractivity (Wildman–Crippen MR) is 134 cm³/mol. The van der Waals surface area contributed by atoms with Crippen molar-refractivity contribution in [3.8, 4) is 5.75 Å². The van der Waals surface area contributed by atoms with Gasteiger partial charge in [0.2, 0.25) is 0 Å². The van der Waals surface area contributed by atoms with Crippen LogP contribution in [0, 0.1) is 0 Å². The number of amides is 2. The van der Waals surface area contributed by atoms with Gasteiger partial charge in [-0.1, -0.05) is 19.8 Å². The third-order valence-corrected chi connectivity index (χ3v) is 6.99. The van der Waals surface area contributed by atoms with Gasteiger partial charge in [0.05, 0.1) is 18.6 Å². The quantitative estimate of drug-likeness (QED) is 0.238. The topological polar surface area (TPSA) is 125 Å². The van der Waals surface area contributed by atoms with Crippen LogP contribution < -0.4 is 15.8 Å². The van der Waals surface area contributed by atoms with Gasteiger partial charge in [0.1, 0.15) is 10.8 Å². The van der Waals surface area contributed by atoms with Crippen molar-refractivity contribution in [3.63, 3.8) is 0 Å². The van der Waals surface area contributed by atoms with Crippen LogP contribution in [-0.4, -0.2) is 36.8 Å². The lowest BCUT2D eigenvalue weighted by Gasteiger charge is -2.11. The summed E-state index contributed by atoms with van der Waals surface area (Å²) in [5.41, 5.74) is 7.28. The standard InChI is InChI=1S/C26H32N2O6S/c1-2-3-6-15-33-18-11-9-17(10-12-18)20(29)13-14-23(31)34-16-22(30)28-26-24(25(27)32)19-7-4-5-8-21(19)35-26/h9-12H,2-8,13-16H2,1H3,(H2,27,32)(H,28,30). The van der Waals surface area contributed by atoms with Crippen molar-refractivity contribution in [3.05, 3.63) is 45.8 Å². The Morgan fingerprint density at radius 1 is 1.03 bits per heavy atom. The molecule has 0 bridgehead atoms. The molecule has 2 aromatic rings. The summed E-state index contributed by atoms with van der Waals surface area (Å²) >= 11 is 1.35. The zero-order valence-corrected chi connectivity index (χ0v) is 20.8. The number of nitrogens with one attached hydrogen (secondary N) is 1. The minimum atomic E-state index is -0.648. The monoisotopic (exact) mass is 500 g/mol. The van der Waals surface area contributed by atoms with Gasteiger partial charge >= 0.3 is 5.97 Å². The first-order valence-electron chi connectivity index (χ1n) is 12.0. The summed E-state index contributed by atoms with van der Waals surface area (Å²) < 4.78 is 10.6. The summed E-state index contributed by atoms with van der Waals surface area (Å²) in [7, 11) is 0. The number of fused-ring (bicyclic) bond motifs is 1. The first-order valence-corrected chi connectivity index (χ1v) is 12.9. The molecule has 3 rings (SSSR count). The molecule has 0 atom stereocenters. The van der Waals surface area contributed by atoms with E-state index in [0.717, 1.165) is 55.4 Å². The van der Waals surface area contributed by atoms with Crippen LogP contribution in [0.2, 0.25) is 0 Å². The SMILES string of the molecule is CCCCCOc1ccc(C(=O)CCC(=O)OCC(=O)Nc2sc3c(c2C(N)=O)CCCC3)cc1. The molecule has 0 unspecified atom stereocenters. The van der Waals surface area contributed by atoms with Gasteiger partial charge in [-0.15, -0.1) is 11.3 Å². The fourth-order valence-electron chi connectivity index (χ4n) is 3.93. The molecule has 9 heteroatoms. The number of carbonyl (C=O) groups excluding carboxylic acids is 4. The van der Waals surface area contributed by atoms with Crippen molar-refractivity contribution >= 4 is 39.9 Å². The third-order valence-electron chi connectivity index (χ3n) is 5.78. The predicted octanol–water partition coefficient (Wildman–Crippen LogP) is 4.44. The third kappa shape index (κ3) is 7.65. The molecule has 0 radical (unpaired) electrons. The number of ether oxygens (including phenoxy) is 2. The second-order valence-electron chi connectivity index (χ2n) is 8.49. The number of thiophene rings is 1. The smallest absolute Gasteiger partial charge is 0.306 e. The number of Topliss-reactive ketones (excluding diaryl/α,β-unsaturated/α-hetero) is 1. The van der Waals surface area contributed by atoms with Crippen molar-refractivity contribution < 1.29 is 28.7 Å². The Bertz CT molecular complexity index is 1060. The van der Waals surface area contributed by atoms with E-state index in [1.54, 1.807) is 24.3 Å². The van der Waals surface area contributed by atoms with Crippen LogP contribution in [0.3, 0.4) is 0 Å². The average molecular weight is 501 g/mol. The molecule has 3 N–H and O–H groups in total. The summed E-state index contributed by atoms with van der Waals surface area (Å²) in [6, 6.07) is 6.83. The Hall–Kier alpha value is -3.20. The molecule has 8 nitrogen and oxygen atoms in total. The molecule has 1 aliphatic carbocycles. The molecule has 1 aromatic carbocycles. The Morgan fingerprint density at radius 3 is 2.49 bits per heavy atom. The first kappa shape index (κ1) is 26.4. The van der Waals surface area contributed by atoms with Crippen molar-refractivity contribution in [2.45, 2.75) is 64.7 Å². The normalized spacial score (nSPS) is 12.5. The molecular weight excluding hydrogens is 468 g/mol. The fourth-order valence-corrected chi connectivity index (χ4v) is 5.25. The first-order chi connectivity index (χ1) is 16.9. The van der Waals surface area contributed by atoms with Crippen LogP contribution in [0.25, 0.3) is 0 Å². The largest absolute Gasteiger partial charge is 0.494 e. The van der Waals surface area contributed by atoms with Crippen LogP contribution in [0.4, 0.5) is 5.00 Å². The second-order valence-corrected chi connectivity index (χ2v) is 9.60. The maximum absolute atomic E-state index is 12.4. The van der Waals surface area contributed by atoms with Gasteiger partial charge < -0.3 is 20.5 Å². The number of anilines is 1. The number of aryl methyl sites for hydroxylation is 1. The Morgan fingerprint density at radius 2 is 1.77 bits per heavy atom. The minimum Gasteiger partial charge on any atom is -0.494 e. The number of benzene rings is 1. The molecule has 1 heterocycles.